The van der Waals surface area contributed by atoms with Gasteiger partial charge in [-0.3, -0.25) is 0 Å². The number of benzene rings is 2. The summed E-state index contributed by atoms with van der Waals surface area (Å²) < 4.78 is 0. The molecule has 1 N–H and O–H groups in total. The second-order valence-electron chi connectivity index (χ2n) is 2.61. The van der Waals surface area contributed by atoms with Crippen molar-refractivity contribution in [1.82, 2.24) is 0 Å². The molecule has 14 heavy (non-hydrogen) atoms. The molecule has 0 saturated heterocycles. The van der Waals surface area contributed by atoms with Gasteiger partial charge in [-0.2, -0.15) is 0 Å². The first-order chi connectivity index (χ1) is 6.80. The highest BCUT2D eigenvalue weighted by atomic mass is 35.5. The Morgan fingerprint density at radius 3 is 1.43 bits per heavy atom. The van der Waals surface area contributed by atoms with Gasteiger partial charge in [-0.25, -0.2) is 0 Å². The summed E-state index contributed by atoms with van der Waals surface area (Å²) in [4.78, 5) is 0. The molecule has 0 aliphatic carbocycles. The molecule has 0 fully saturated rings. The minimum Gasteiger partial charge on any atom is -0.506 e. The van der Waals surface area contributed by atoms with E-state index in [1.807, 2.05) is 36.4 Å². The third-order valence-electron chi connectivity index (χ3n) is 1.52. The van der Waals surface area contributed by atoms with Crippen molar-refractivity contribution in [2.45, 2.75) is 0 Å². The first kappa shape index (κ1) is 10.6. The minimum absolute atomic E-state index is 0.133. The standard InChI is InChI=1S/C6H5ClO.C6H6/c7-5-3-1-2-4-6(5)8;1-2-4-6-5-3-1/h1-4,8H;1-6H. The van der Waals surface area contributed by atoms with Crippen LogP contribution in [0.1, 0.15) is 0 Å². The van der Waals surface area contributed by atoms with Gasteiger partial charge < -0.3 is 5.11 Å². The van der Waals surface area contributed by atoms with Gasteiger partial charge >= 0.3 is 0 Å². The monoisotopic (exact) mass is 206 g/mol. The molecule has 0 unspecified atom stereocenters. The van der Waals surface area contributed by atoms with E-state index in [4.69, 9.17) is 16.7 Å². The average Bonchev–Trinajstić information content (AvgIpc) is 2.26. The molecule has 2 aromatic carbocycles. The third-order valence-corrected chi connectivity index (χ3v) is 1.84. The average molecular weight is 207 g/mol. The maximum absolute atomic E-state index is 8.79. The van der Waals surface area contributed by atoms with Crippen LogP contribution in [-0.4, -0.2) is 5.11 Å². The Bertz CT molecular complexity index is 312. The second-order valence-corrected chi connectivity index (χ2v) is 3.01. The molecular weight excluding hydrogens is 196 g/mol. The van der Waals surface area contributed by atoms with Gasteiger partial charge in [0.1, 0.15) is 5.75 Å². The van der Waals surface area contributed by atoms with Gasteiger partial charge in [0, 0.05) is 0 Å². The molecule has 72 valence electrons. The van der Waals surface area contributed by atoms with Crippen LogP contribution in [0.4, 0.5) is 0 Å². The van der Waals surface area contributed by atoms with E-state index in [0.717, 1.165) is 0 Å². The molecule has 2 aromatic rings. The van der Waals surface area contributed by atoms with Crippen LogP contribution in [-0.2, 0) is 0 Å². The smallest absolute Gasteiger partial charge is 0.134 e. The van der Waals surface area contributed by atoms with Crippen molar-refractivity contribution < 1.29 is 5.11 Å². The Balaban J connectivity index is 0.000000146. The zero-order valence-electron chi connectivity index (χ0n) is 7.60. The lowest BCUT2D eigenvalue weighted by Gasteiger charge is -1.89. The predicted octanol–water partition coefficient (Wildman–Crippen LogP) is 3.73. The van der Waals surface area contributed by atoms with E-state index >= 15 is 0 Å². The molecule has 2 heteroatoms. The van der Waals surface area contributed by atoms with Crippen molar-refractivity contribution in [3.63, 3.8) is 0 Å². The van der Waals surface area contributed by atoms with E-state index < -0.39 is 0 Å². The highest BCUT2D eigenvalue weighted by molar-refractivity contribution is 6.31. The summed E-state index contributed by atoms with van der Waals surface area (Å²) in [6, 6.07) is 18.7. The maximum atomic E-state index is 8.79. The molecule has 1 nitrogen and oxygen atoms in total. The largest absolute Gasteiger partial charge is 0.506 e. The van der Waals surface area contributed by atoms with Gasteiger partial charge in [-0.15, -0.1) is 0 Å². The maximum Gasteiger partial charge on any atom is 0.134 e. The fourth-order valence-electron chi connectivity index (χ4n) is 0.837. The van der Waals surface area contributed by atoms with Gasteiger partial charge in [0.05, 0.1) is 5.02 Å². The fraction of sp³-hybridized carbons (Fsp3) is 0. The van der Waals surface area contributed by atoms with Crippen LogP contribution < -0.4 is 0 Å². The van der Waals surface area contributed by atoms with Gasteiger partial charge in [0.25, 0.3) is 0 Å². The van der Waals surface area contributed by atoms with E-state index in [-0.39, 0.29) is 5.75 Å². The van der Waals surface area contributed by atoms with E-state index in [1.54, 1.807) is 24.3 Å². The number of hydrogen-bond acceptors (Lipinski definition) is 1. The highest BCUT2D eigenvalue weighted by Gasteiger charge is 1.89. The Kier molecular flexibility index (Phi) is 4.59. The number of hydrogen-bond donors (Lipinski definition) is 1. The molecule has 0 amide bonds. The molecule has 0 spiro atoms. The lowest BCUT2D eigenvalue weighted by Crippen LogP contribution is -1.62. The van der Waals surface area contributed by atoms with Crippen LogP contribution in [0.2, 0.25) is 5.02 Å². The summed E-state index contributed by atoms with van der Waals surface area (Å²) >= 11 is 5.46. The zero-order chi connectivity index (χ0) is 10.2. The van der Waals surface area contributed by atoms with Crippen LogP contribution >= 0.6 is 11.6 Å². The summed E-state index contributed by atoms with van der Waals surface area (Å²) in [7, 11) is 0. The van der Waals surface area contributed by atoms with Crippen LogP contribution in [0.15, 0.2) is 60.7 Å². The summed E-state index contributed by atoms with van der Waals surface area (Å²) in [6.45, 7) is 0. The van der Waals surface area contributed by atoms with Crippen molar-refractivity contribution in [2.24, 2.45) is 0 Å². The predicted molar refractivity (Wildman–Crippen MR) is 59.6 cm³/mol. The topological polar surface area (TPSA) is 20.2 Å². The normalized spacial score (nSPS) is 8.64. The van der Waals surface area contributed by atoms with Crippen molar-refractivity contribution >= 4 is 11.6 Å². The van der Waals surface area contributed by atoms with Crippen molar-refractivity contribution in [2.75, 3.05) is 0 Å². The first-order valence-electron chi connectivity index (χ1n) is 4.24. The summed E-state index contributed by atoms with van der Waals surface area (Å²) in [6.07, 6.45) is 0. The summed E-state index contributed by atoms with van der Waals surface area (Å²) in [5, 5.41) is 9.18. The SMILES string of the molecule is Oc1ccccc1Cl.c1ccccc1. The van der Waals surface area contributed by atoms with E-state index in [2.05, 4.69) is 0 Å². The molecule has 0 aromatic heterocycles. The Hall–Kier alpha value is -1.47. The molecule has 0 aliphatic rings. The van der Waals surface area contributed by atoms with Gasteiger partial charge in [-0.05, 0) is 12.1 Å². The highest BCUT2D eigenvalue weighted by Crippen LogP contribution is 2.20. The van der Waals surface area contributed by atoms with Crippen LogP contribution in [0.3, 0.4) is 0 Å². The number of phenols is 1. The number of phenolic OH excluding ortho intramolecular Hbond substituents is 1. The molecule has 2 rings (SSSR count). The fourth-order valence-corrected chi connectivity index (χ4v) is 0.972. The van der Waals surface area contributed by atoms with Crippen LogP contribution in [0, 0.1) is 0 Å². The quantitative estimate of drug-likeness (QED) is 0.697. The molecular formula is C12H11ClO. The molecule has 0 heterocycles. The molecule has 0 aliphatic heterocycles. The van der Waals surface area contributed by atoms with Crippen molar-refractivity contribution in [3.8, 4) is 5.75 Å². The molecule has 0 saturated carbocycles. The zero-order valence-corrected chi connectivity index (χ0v) is 8.35. The first-order valence-corrected chi connectivity index (χ1v) is 4.62. The Morgan fingerprint density at radius 2 is 1.14 bits per heavy atom. The number of para-hydroxylation sites is 1. The van der Waals surface area contributed by atoms with Crippen molar-refractivity contribution in [3.05, 3.63) is 65.7 Å². The Morgan fingerprint density at radius 1 is 0.714 bits per heavy atom. The van der Waals surface area contributed by atoms with E-state index in [0.29, 0.717) is 5.02 Å². The van der Waals surface area contributed by atoms with Crippen molar-refractivity contribution in [1.29, 1.82) is 0 Å². The number of rotatable bonds is 0. The lowest BCUT2D eigenvalue weighted by atomic mass is 10.3. The third kappa shape index (κ3) is 3.97. The Labute approximate surface area is 88.6 Å². The van der Waals surface area contributed by atoms with Gasteiger partial charge in [0.15, 0.2) is 0 Å². The molecule has 0 bridgehead atoms. The minimum atomic E-state index is 0.133. The summed E-state index contributed by atoms with van der Waals surface area (Å²) in [5.74, 6) is 0.133. The molecule has 0 atom stereocenters. The summed E-state index contributed by atoms with van der Waals surface area (Å²) in [5.41, 5.74) is 0. The van der Waals surface area contributed by atoms with E-state index in [9.17, 15) is 0 Å². The van der Waals surface area contributed by atoms with Crippen LogP contribution in [0.5, 0.6) is 5.75 Å². The molecule has 0 radical (unpaired) electrons. The van der Waals surface area contributed by atoms with Gasteiger partial charge in [-0.1, -0.05) is 60.1 Å². The second kappa shape index (κ2) is 6.06. The van der Waals surface area contributed by atoms with Gasteiger partial charge in [0.2, 0.25) is 0 Å². The number of aromatic hydroxyl groups is 1. The number of halogens is 1. The van der Waals surface area contributed by atoms with E-state index in [1.165, 1.54) is 0 Å². The van der Waals surface area contributed by atoms with Crippen LogP contribution in [0.25, 0.3) is 0 Å². The lowest BCUT2D eigenvalue weighted by molar-refractivity contribution is 0.475.